The number of carbonyl (C=O) groups excluding carboxylic acids is 2. The lowest BCUT2D eigenvalue weighted by Gasteiger charge is -2.32. The molecule has 0 bridgehead atoms. The average Bonchev–Trinajstić information content (AvgIpc) is 3.26. The minimum absolute atomic E-state index is 0.0230. The first-order valence-corrected chi connectivity index (χ1v) is 13.0. The zero-order valence-corrected chi connectivity index (χ0v) is 21.4. The minimum atomic E-state index is -0.256. The number of nitrogens with zero attached hydrogens (tertiary/aromatic N) is 4. The Hall–Kier alpha value is -3.39. The average molecular weight is 492 g/mol. The van der Waals surface area contributed by atoms with Crippen molar-refractivity contribution in [3.05, 3.63) is 54.6 Å². The molecular formula is C28H37N5O3. The second-order valence-corrected chi connectivity index (χ2v) is 9.18. The van der Waals surface area contributed by atoms with E-state index >= 15 is 0 Å². The van der Waals surface area contributed by atoms with Gasteiger partial charge in [0, 0.05) is 26.2 Å². The number of aromatic nitrogens is 2. The third-order valence-corrected chi connectivity index (χ3v) is 6.90. The lowest BCUT2D eigenvalue weighted by molar-refractivity contribution is -0.135. The standard InChI is InChI=1S/C28H37N5O3/c1-3-31(4-2)18-19-33-25-15-9-8-14-24(25)29-28(33)30-27(35)22-11-10-17-32(21-22)26(34)16-20-36-23-12-6-5-7-13-23/h5-9,12-15,22H,3-4,10-11,16-21H2,1-2H3,(H,29,30,35). The van der Waals surface area contributed by atoms with Crippen LogP contribution in [0.3, 0.4) is 0 Å². The second-order valence-electron chi connectivity index (χ2n) is 9.18. The number of amides is 2. The Labute approximate surface area is 213 Å². The molecule has 36 heavy (non-hydrogen) atoms. The van der Waals surface area contributed by atoms with Crippen LogP contribution < -0.4 is 10.1 Å². The zero-order valence-electron chi connectivity index (χ0n) is 21.4. The predicted molar refractivity (Wildman–Crippen MR) is 142 cm³/mol. The first-order chi connectivity index (χ1) is 17.6. The molecule has 8 heteroatoms. The van der Waals surface area contributed by atoms with Crippen molar-refractivity contribution in [1.29, 1.82) is 0 Å². The smallest absolute Gasteiger partial charge is 0.231 e. The molecule has 2 heterocycles. The van der Waals surface area contributed by atoms with Gasteiger partial charge in [0.2, 0.25) is 17.8 Å². The van der Waals surface area contributed by atoms with E-state index in [-0.39, 0.29) is 17.7 Å². The number of rotatable bonds is 11. The Balaban J connectivity index is 1.37. The van der Waals surface area contributed by atoms with Gasteiger partial charge in [-0.25, -0.2) is 4.98 Å². The molecule has 3 aromatic rings. The maximum absolute atomic E-state index is 13.3. The number of para-hydroxylation sites is 3. The van der Waals surface area contributed by atoms with Crippen LogP contribution in [0.1, 0.15) is 33.1 Å². The molecule has 1 aromatic heterocycles. The third kappa shape index (κ3) is 6.43. The highest BCUT2D eigenvalue weighted by atomic mass is 16.5. The van der Waals surface area contributed by atoms with Crippen molar-refractivity contribution < 1.29 is 14.3 Å². The molecule has 1 fully saturated rings. The van der Waals surface area contributed by atoms with Gasteiger partial charge in [0.15, 0.2) is 0 Å². The normalized spacial score (nSPS) is 15.9. The van der Waals surface area contributed by atoms with Gasteiger partial charge in [-0.1, -0.05) is 44.2 Å². The number of benzene rings is 2. The molecule has 1 atom stereocenters. The SMILES string of the molecule is CCN(CC)CCn1c(NC(=O)C2CCCN(C(=O)CCOc3ccccc3)C2)nc2ccccc21. The zero-order chi connectivity index (χ0) is 25.3. The van der Waals surface area contributed by atoms with Crippen molar-refractivity contribution in [3.63, 3.8) is 0 Å². The van der Waals surface area contributed by atoms with Gasteiger partial charge in [-0.15, -0.1) is 0 Å². The summed E-state index contributed by atoms with van der Waals surface area (Å²) in [6.45, 7) is 9.32. The number of likely N-dealkylation sites (N-methyl/N-ethyl adjacent to an activating group) is 1. The van der Waals surface area contributed by atoms with E-state index in [0.29, 0.717) is 32.1 Å². The molecule has 1 aliphatic heterocycles. The van der Waals surface area contributed by atoms with E-state index in [1.165, 1.54) is 0 Å². The quantitative estimate of drug-likeness (QED) is 0.438. The van der Waals surface area contributed by atoms with Crippen molar-refractivity contribution in [1.82, 2.24) is 19.4 Å². The topological polar surface area (TPSA) is 79.7 Å². The Bertz CT molecular complexity index is 1140. The van der Waals surface area contributed by atoms with Crippen LogP contribution in [0.15, 0.2) is 54.6 Å². The van der Waals surface area contributed by atoms with Gasteiger partial charge in [0.1, 0.15) is 5.75 Å². The molecule has 2 aromatic carbocycles. The van der Waals surface area contributed by atoms with Crippen molar-refractivity contribution in [3.8, 4) is 5.75 Å². The number of carbonyl (C=O) groups is 2. The number of ether oxygens (including phenoxy) is 1. The van der Waals surface area contributed by atoms with Crippen LogP contribution >= 0.6 is 0 Å². The van der Waals surface area contributed by atoms with E-state index in [2.05, 4.69) is 28.6 Å². The highest BCUT2D eigenvalue weighted by Gasteiger charge is 2.29. The summed E-state index contributed by atoms with van der Waals surface area (Å²) in [6, 6.07) is 17.5. The maximum Gasteiger partial charge on any atom is 0.231 e. The van der Waals surface area contributed by atoms with Crippen LogP contribution in [0.5, 0.6) is 5.75 Å². The van der Waals surface area contributed by atoms with Gasteiger partial charge >= 0.3 is 0 Å². The van der Waals surface area contributed by atoms with Crippen molar-refractivity contribution >= 4 is 28.8 Å². The van der Waals surface area contributed by atoms with Gasteiger partial charge in [-0.3, -0.25) is 14.9 Å². The van der Waals surface area contributed by atoms with Crippen LogP contribution in [0.4, 0.5) is 5.95 Å². The molecule has 1 N–H and O–H groups in total. The molecule has 1 unspecified atom stereocenters. The first kappa shape index (κ1) is 25.7. The highest BCUT2D eigenvalue weighted by molar-refractivity contribution is 5.93. The summed E-state index contributed by atoms with van der Waals surface area (Å²) in [5.41, 5.74) is 1.88. The fraction of sp³-hybridized carbons (Fsp3) is 0.464. The van der Waals surface area contributed by atoms with Gasteiger partial charge < -0.3 is 19.1 Å². The number of hydrogen-bond donors (Lipinski definition) is 1. The Kier molecular flexibility index (Phi) is 8.95. The molecule has 2 amide bonds. The maximum atomic E-state index is 13.3. The van der Waals surface area contributed by atoms with E-state index in [4.69, 9.17) is 9.72 Å². The van der Waals surface area contributed by atoms with Crippen LogP contribution in [-0.2, 0) is 16.1 Å². The summed E-state index contributed by atoms with van der Waals surface area (Å²) >= 11 is 0. The van der Waals surface area contributed by atoms with Gasteiger partial charge in [-0.2, -0.15) is 0 Å². The molecule has 0 saturated carbocycles. The Morgan fingerprint density at radius 2 is 1.83 bits per heavy atom. The molecule has 0 aliphatic carbocycles. The van der Waals surface area contributed by atoms with E-state index in [0.717, 1.165) is 55.8 Å². The fourth-order valence-corrected chi connectivity index (χ4v) is 4.74. The van der Waals surface area contributed by atoms with Crippen LogP contribution in [-0.4, -0.2) is 70.5 Å². The Morgan fingerprint density at radius 1 is 1.08 bits per heavy atom. The number of anilines is 1. The molecule has 192 valence electrons. The molecule has 1 aliphatic rings. The predicted octanol–water partition coefficient (Wildman–Crippen LogP) is 4.02. The molecule has 0 spiro atoms. The second kappa shape index (κ2) is 12.5. The van der Waals surface area contributed by atoms with Crippen LogP contribution in [0.25, 0.3) is 11.0 Å². The van der Waals surface area contributed by atoms with E-state index in [1.54, 1.807) is 4.90 Å². The summed E-state index contributed by atoms with van der Waals surface area (Å²) in [5, 5.41) is 3.09. The first-order valence-electron chi connectivity index (χ1n) is 13.0. The minimum Gasteiger partial charge on any atom is -0.493 e. The van der Waals surface area contributed by atoms with Gasteiger partial charge in [-0.05, 0) is 50.2 Å². The third-order valence-electron chi connectivity index (χ3n) is 6.90. The van der Waals surface area contributed by atoms with Crippen LogP contribution in [0.2, 0.25) is 0 Å². The largest absolute Gasteiger partial charge is 0.493 e. The summed E-state index contributed by atoms with van der Waals surface area (Å²) < 4.78 is 7.77. The van der Waals surface area contributed by atoms with Gasteiger partial charge in [0.05, 0.1) is 30.0 Å². The van der Waals surface area contributed by atoms with E-state index in [1.807, 2.05) is 54.6 Å². The monoisotopic (exact) mass is 491 g/mol. The lowest BCUT2D eigenvalue weighted by Crippen LogP contribution is -2.44. The molecule has 8 nitrogen and oxygen atoms in total. The highest BCUT2D eigenvalue weighted by Crippen LogP contribution is 2.23. The molecule has 0 radical (unpaired) electrons. The van der Waals surface area contributed by atoms with Crippen molar-refractivity contribution in [2.75, 3.05) is 44.6 Å². The fourth-order valence-electron chi connectivity index (χ4n) is 4.74. The van der Waals surface area contributed by atoms with Crippen molar-refractivity contribution in [2.45, 2.75) is 39.7 Å². The number of hydrogen-bond acceptors (Lipinski definition) is 5. The Morgan fingerprint density at radius 3 is 2.61 bits per heavy atom. The molecular weight excluding hydrogens is 454 g/mol. The molecule has 4 rings (SSSR count). The number of nitrogens with one attached hydrogen (secondary N) is 1. The van der Waals surface area contributed by atoms with Crippen LogP contribution in [0, 0.1) is 5.92 Å². The lowest BCUT2D eigenvalue weighted by atomic mass is 9.97. The van der Waals surface area contributed by atoms with Crippen molar-refractivity contribution in [2.24, 2.45) is 5.92 Å². The number of fused-ring (bicyclic) bond motifs is 1. The van der Waals surface area contributed by atoms with E-state index in [9.17, 15) is 9.59 Å². The summed E-state index contributed by atoms with van der Waals surface area (Å²) in [5.74, 6) is 1.02. The number of piperidine rings is 1. The molecule has 1 saturated heterocycles. The summed E-state index contributed by atoms with van der Waals surface area (Å²) in [7, 11) is 0. The van der Waals surface area contributed by atoms with E-state index < -0.39 is 0 Å². The number of likely N-dealkylation sites (tertiary alicyclic amines) is 1. The summed E-state index contributed by atoms with van der Waals surface area (Å²) in [6.07, 6.45) is 1.86. The summed E-state index contributed by atoms with van der Waals surface area (Å²) in [4.78, 5) is 34.9. The number of imidazole rings is 1. The van der Waals surface area contributed by atoms with Gasteiger partial charge in [0.25, 0.3) is 0 Å².